The fraction of sp³-hybridized carbons (Fsp3) is 1.00. The first-order valence-corrected chi connectivity index (χ1v) is 9.27. The van der Waals surface area contributed by atoms with Crippen LogP contribution in [0.2, 0.25) is 0 Å². The van der Waals surface area contributed by atoms with E-state index in [2.05, 4.69) is 42.9 Å². The second-order valence-electron chi connectivity index (χ2n) is 7.61. The fourth-order valence-corrected chi connectivity index (χ4v) is 5.87. The van der Waals surface area contributed by atoms with E-state index in [4.69, 9.17) is 0 Å². The molecule has 3 aliphatic heterocycles. The van der Waals surface area contributed by atoms with Crippen LogP contribution in [0.3, 0.4) is 0 Å². The molecule has 3 fully saturated rings. The van der Waals surface area contributed by atoms with E-state index in [9.17, 15) is 0 Å². The van der Waals surface area contributed by atoms with E-state index < -0.39 is 0 Å². The van der Waals surface area contributed by atoms with Crippen molar-refractivity contribution < 1.29 is 0 Å². The molecule has 0 saturated carbocycles. The molecule has 3 rings (SSSR count). The fourth-order valence-electron chi connectivity index (χ4n) is 4.25. The average molecular weight is 282 g/mol. The third-order valence-electron chi connectivity index (χ3n) is 5.90. The van der Waals surface area contributed by atoms with Gasteiger partial charge in [0.05, 0.1) is 0 Å². The molecule has 0 radical (unpaired) electrons. The predicted molar refractivity (Wildman–Crippen MR) is 84.9 cm³/mol. The van der Waals surface area contributed by atoms with Crippen molar-refractivity contribution in [1.29, 1.82) is 0 Å². The van der Waals surface area contributed by atoms with Gasteiger partial charge in [0.15, 0.2) is 0 Å². The lowest BCUT2D eigenvalue weighted by molar-refractivity contribution is 0.0410. The summed E-state index contributed by atoms with van der Waals surface area (Å²) in [5.74, 6) is 2.67. The van der Waals surface area contributed by atoms with Crippen LogP contribution in [0, 0.1) is 5.41 Å². The maximum Gasteiger partial charge on any atom is 0.0212 e. The van der Waals surface area contributed by atoms with Gasteiger partial charge in [-0.2, -0.15) is 11.8 Å². The molecule has 1 N–H and O–H groups in total. The Morgan fingerprint density at radius 1 is 1.16 bits per heavy atom. The van der Waals surface area contributed by atoms with E-state index in [-0.39, 0.29) is 0 Å². The molecule has 3 heteroatoms. The van der Waals surface area contributed by atoms with Gasteiger partial charge in [0, 0.05) is 29.9 Å². The highest BCUT2D eigenvalue weighted by Gasteiger charge is 2.39. The number of nitrogens with zero attached hydrogens (tertiary/aromatic N) is 1. The van der Waals surface area contributed by atoms with Crippen molar-refractivity contribution in [3.8, 4) is 0 Å². The Hall–Kier alpha value is 0.270. The number of thioether (sulfide) groups is 1. The summed E-state index contributed by atoms with van der Waals surface area (Å²) in [4.78, 5) is 2.67. The Labute approximate surface area is 123 Å². The average Bonchev–Trinajstić information content (AvgIpc) is 2.33. The summed E-state index contributed by atoms with van der Waals surface area (Å²) in [6, 6.07) is 3.20. The monoisotopic (exact) mass is 282 g/mol. The topological polar surface area (TPSA) is 15.3 Å². The van der Waals surface area contributed by atoms with E-state index in [1.54, 1.807) is 0 Å². The Bertz CT molecular complexity index is 304. The van der Waals surface area contributed by atoms with Gasteiger partial charge >= 0.3 is 0 Å². The van der Waals surface area contributed by atoms with Crippen LogP contribution in [-0.2, 0) is 0 Å². The molecule has 0 aliphatic carbocycles. The van der Waals surface area contributed by atoms with E-state index in [0.29, 0.717) is 5.41 Å². The van der Waals surface area contributed by atoms with E-state index in [1.807, 2.05) is 0 Å². The van der Waals surface area contributed by atoms with Crippen molar-refractivity contribution in [3.05, 3.63) is 0 Å². The quantitative estimate of drug-likeness (QED) is 0.838. The summed E-state index contributed by atoms with van der Waals surface area (Å²) in [7, 11) is 2.35. The summed E-state index contributed by atoms with van der Waals surface area (Å²) < 4.78 is 0. The van der Waals surface area contributed by atoms with Crippen molar-refractivity contribution in [2.24, 2.45) is 5.41 Å². The van der Waals surface area contributed by atoms with Crippen LogP contribution in [0.1, 0.15) is 52.4 Å². The molecule has 0 aromatic heterocycles. The molecule has 0 aromatic carbocycles. The molecular weight excluding hydrogens is 252 g/mol. The maximum absolute atomic E-state index is 4.05. The van der Waals surface area contributed by atoms with E-state index in [1.165, 1.54) is 50.0 Å². The minimum Gasteiger partial charge on any atom is -0.310 e. The molecule has 3 aliphatic rings. The summed E-state index contributed by atoms with van der Waals surface area (Å²) >= 11 is 2.14. The number of nitrogens with one attached hydrogen (secondary N) is 1. The predicted octanol–water partition coefficient (Wildman–Crippen LogP) is 3.12. The van der Waals surface area contributed by atoms with Gasteiger partial charge in [-0.05, 0) is 50.3 Å². The summed E-state index contributed by atoms with van der Waals surface area (Å²) in [6.07, 6.45) is 8.43. The summed E-state index contributed by atoms with van der Waals surface area (Å²) in [5, 5.41) is 4.05. The lowest BCUT2D eigenvalue weighted by Crippen LogP contribution is -2.58. The highest BCUT2D eigenvalue weighted by molar-refractivity contribution is 7.99. The number of piperidine rings is 2. The maximum atomic E-state index is 4.05. The first-order valence-electron chi connectivity index (χ1n) is 8.12. The molecule has 110 valence electrons. The van der Waals surface area contributed by atoms with Crippen molar-refractivity contribution >= 4 is 11.8 Å². The first-order chi connectivity index (χ1) is 9.06. The summed E-state index contributed by atoms with van der Waals surface area (Å²) in [5.41, 5.74) is 0.490. The van der Waals surface area contributed by atoms with Gasteiger partial charge in [-0.1, -0.05) is 20.3 Å². The lowest BCUT2D eigenvalue weighted by atomic mass is 9.79. The molecule has 19 heavy (non-hydrogen) atoms. The van der Waals surface area contributed by atoms with Crippen LogP contribution < -0.4 is 5.32 Å². The molecule has 2 bridgehead atoms. The second kappa shape index (κ2) is 5.57. The first kappa shape index (κ1) is 14.2. The largest absolute Gasteiger partial charge is 0.310 e. The standard InChI is InChI=1S/C16H30N2S/c1-16(2)7-8-19-11-15(16)17-12-9-13-5-4-6-14(10-12)18(13)3/h12-15,17H,4-11H2,1-3H3. The Morgan fingerprint density at radius 2 is 1.84 bits per heavy atom. The smallest absolute Gasteiger partial charge is 0.0212 e. The van der Waals surface area contributed by atoms with Crippen LogP contribution >= 0.6 is 11.8 Å². The van der Waals surface area contributed by atoms with Gasteiger partial charge in [-0.25, -0.2) is 0 Å². The molecule has 3 unspecified atom stereocenters. The van der Waals surface area contributed by atoms with Gasteiger partial charge in [0.2, 0.25) is 0 Å². The van der Waals surface area contributed by atoms with Crippen LogP contribution in [-0.4, -0.2) is 47.6 Å². The van der Waals surface area contributed by atoms with Gasteiger partial charge < -0.3 is 10.2 Å². The Kier molecular flexibility index (Phi) is 4.17. The van der Waals surface area contributed by atoms with Crippen LogP contribution in [0.25, 0.3) is 0 Å². The molecule has 3 saturated heterocycles. The van der Waals surface area contributed by atoms with Gasteiger partial charge in [-0.15, -0.1) is 0 Å². The molecule has 3 heterocycles. The number of fused-ring (bicyclic) bond motifs is 2. The minimum absolute atomic E-state index is 0.490. The molecule has 0 spiro atoms. The molecular formula is C16H30N2S. The molecule has 0 aromatic rings. The van der Waals surface area contributed by atoms with Gasteiger partial charge in [-0.3, -0.25) is 0 Å². The van der Waals surface area contributed by atoms with Crippen LogP contribution in [0.4, 0.5) is 0 Å². The number of hydrogen-bond donors (Lipinski definition) is 1. The van der Waals surface area contributed by atoms with Crippen molar-refractivity contribution in [2.75, 3.05) is 18.6 Å². The van der Waals surface area contributed by atoms with Gasteiger partial charge in [0.1, 0.15) is 0 Å². The SMILES string of the molecule is CN1C2CCCC1CC(NC1CSCCC1(C)C)C2. The molecule has 0 amide bonds. The van der Waals surface area contributed by atoms with Gasteiger partial charge in [0.25, 0.3) is 0 Å². The third-order valence-corrected chi connectivity index (χ3v) is 6.96. The molecule has 3 atom stereocenters. The minimum atomic E-state index is 0.490. The second-order valence-corrected chi connectivity index (χ2v) is 8.75. The zero-order chi connectivity index (χ0) is 13.5. The normalized spacial score (nSPS) is 43.1. The highest BCUT2D eigenvalue weighted by atomic mass is 32.2. The van der Waals surface area contributed by atoms with Crippen molar-refractivity contribution in [2.45, 2.75) is 76.5 Å². The van der Waals surface area contributed by atoms with Crippen molar-refractivity contribution in [1.82, 2.24) is 10.2 Å². The number of hydrogen-bond acceptors (Lipinski definition) is 3. The lowest BCUT2D eigenvalue weighted by Gasteiger charge is -2.49. The summed E-state index contributed by atoms with van der Waals surface area (Å²) in [6.45, 7) is 4.92. The Morgan fingerprint density at radius 3 is 2.47 bits per heavy atom. The van der Waals surface area contributed by atoms with Crippen LogP contribution in [0.15, 0.2) is 0 Å². The Balaban J connectivity index is 1.61. The van der Waals surface area contributed by atoms with Crippen molar-refractivity contribution in [3.63, 3.8) is 0 Å². The molecule has 2 nitrogen and oxygen atoms in total. The zero-order valence-electron chi connectivity index (χ0n) is 12.8. The number of rotatable bonds is 2. The third kappa shape index (κ3) is 2.98. The van der Waals surface area contributed by atoms with E-state index in [0.717, 1.165) is 24.2 Å². The van der Waals surface area contributed by atoms with E-state index >= 15 is 0 Å². The highest BCUT2D eigenvalue weighted by Crippen LogP contribution is 2.37. The van der Waals surface area contributed by atoms with Crippen LogP contribution in [0.5, 0.6) is 0 Å². The zero-order valence-corrected chi connectivity index (χ0v) is 13.6.